The summed E-state index contributed by atoms with van der Waals surface area (Å²) in [5.74, 6) is -0.971. The second-order valence-electron chi connectivity index (χ2n) is 23.1. The summed E-state index contributed by atoms with van der Waals surface area (Å²) >= 11 is 0. The Morgan fingerprint density at radius 3 is 0.988 bits per heavy atom. The van der Waals surface area contributed by atoms with Crippen molar-refractivity contribution < 1.29 is 60.4 Å². The van der Waals surface area contributed by atoms with E-state index >= 15 is 0 Å². The molecule has 0 amide bonds. The maximum absolute atomic E-state index is 12.5. The Bertz CT molecular complexity index is 1780. The summed E-state index contributed by atoms with van der Waals surface area (Å²) in [5.41, 5.74) is 1.29. The highest BCUT2D eigenvalue weighted by Crippen LogP contribution is 2.50. The summed E-state index contributed by atoms with van der Waals surface area (Å²) in [7, 11) is -11.1. The quantitative estimate of drug-likeness (QED) is 0.0205. The number of unbranched alkanes of at least 4 members (excludes halogenated alkanes) is 12. The van der Waals surface area contributed by atoms with E-state index in [1.165, 1.54) is 271 Å². The van der Waals surface area contributed by atoms with Crippen LogP contribution < -0.4 is 14.7 Å². The monoisotopic (exact) mass is 1190 g/mol. The molecule has 0 saturated carbocycles. The fourth-order valence-corrected chi connectivity index (χ4v) is 11.6. The Hall–Kier alpha value is -2.54. The van der Waals surface area contributed by atoms with Gasteiger partial charge in [-0.3, -0.25) is 13.7 Å². The molecule has 15 heteroatoms. The third-order valence-corrected chi connectivity index (χ3v) is 17.6. The van der Waals surface area contributed by atoms with Gasteiger partial charge in [-0.25, -0.2) is 4.79 Å². The zero-order chi connectivity index (χ0) is 62.0. The molecule has 2 rings (SSSR count). The molecule has 0 aromatic heterocycles. The highest BCUT2D eigenvalue weighted by Gasteiger charge is 2.27. The molecule has 0 N–H and O–H groups in total. The molecule has 478 valence electrons. The zero-order valence-electron chi connectivity index (χ0n) is 55.0. The highest BCUT2D eigenvalue weighted by atomic mass is 31.3. The van der Waals surface area contributed by atoms with Crippen molar-refractivity contribution >= 4 is 27.4 Å². The van der Waals surface area contributed by atoms with Crippen LogP contribution in [0.3, 0.4) is 0 Å². The van der Waals surface area contributed by atoms with E-state index in [2.05, 4.69) is 91.9 Å². The Labute approximate surface area is 504 Å². The van der Waals surface area contributed by atoms with E-state index in [4.69, 9.17) is 4.74 Å². The van der Waals surface area contributed by atoms with Gasteiger partial charge in [-0.15, -0.1) is 0 Å². The number of phosphoric ester groups is 1. The van der Waals surface area contributed by atoms with Gasteiger partial charge < -0.3 is 42.0 Å². The number of rotatable bonds is 46. The van der Waals surface area contributed by atoms with Gasteiger partial charge in [0.1, 0.15) is 6.61 Å². The number of ether oxygens (including phenoxy) is 1. The van der Waals surface area contributed by atoms with Crippen LogP contribution in [0, 0.1) is 0 Å². The average molecular weight is 1190 g/mol. The van der Waals surface area contributed by atoms with Crippen LogP contribution in [0.1, 0.15) is 270 Å². The van der Waals surface area contributed by atoms with Gasteiger partial charge >= 0.3 is 5.97 Å². The highest BCUT2D eigenvalue weighted by molar-refractivity contribution is 7.58. The van der Waals surface area contributed by atoms with Crippen molar-refractivity contribution in [1.29, 1.82) is 0 Å². The van der Waals surface area contributed by atoms with E-state index in [0.29, 0.717) is 16.7 Å². The minimum atomic E-state index is -5.76. The molecule has 0 aliphatic carbocycles. The second kappa shape index (κ2) is 50.6. The fraction of sp³-hybridized carbons (Fsp3) is 0.761. The van der Waals surface area contributed by atoms with Gasteiger partial charge in [0.25, 0.3) is 7.82 Å². The molecule has 82 heavy (non-hydrogen) atoms. The Morgan fingerprint density at radius 1 is 0.427 bits per heavy atom. The van der Waals surface area contributed by atoms with Crippen molar-refractivity contribution in [2.45, 2.75) is 244 Å². The number of nitrogens with zero attached hydrogens (tertiary/aromatic N) is 3. The van der Waals surface area contributed by atoms with E-state index in [1.54, 1.807) is 42.5 Å². The van der Waals surface area contributed by atoms with Gasteiger partial charge in [-0.05, 0) is 102 Å². The first-order valence-electron chi connectivity index (χ1n) is 33.0. The lowest BCUT2D eigenvalue weighted by atomic mass is 10.0. The minimum Gasteiger partial charge on any atom is -0.790 e. The van der Waals surface area contributed by atoms with Crippen LogP contribution in [0.25, 0.3) is 0 Å². The molecule has 0 bridgehead atoms. The Kier molecular flexibility index (Phi) is 50.3. The Balaban J connectivity index is 0. The number of carbonyl (C=O) groups excluding carboxylic acids is 2. The molecule has 2 aromatic rings. The van der Waals surface area contributed by atoms with E-state index in [9.17, 15) is 33.4 Å². The second-order valence-corrected chi connectivity index (χ2v) is 25.8. The number of hydrogen-bond acceptors (Lipinski definition) is 10. The number of ketones is 1. The molecule has 0 spiro atoms. The van der Waals surface area contributed by atoms with Gasteiger partial charge in [0, 0.05) is 11.1 Å². The number of benzene rings is 2. The molecule has 1 atom stereocenters. The normalized spacial score (nSPS) is 12.8. The van der Waals surface area contributed by atoms with E-state index in [1.807, 2.05) is 0 Å². The molecule has 0 aliphatic rings. The van der Waals surface area contributed by atoms with Crippen LogP contribution in [0.5, 0.6) is 0 Å². The first-order chi connectivity index (χ1) is 39.2. The number of phosphoric acid groups is 2. The van der Waals surface area contributed by atoms with Crippen molar-refractivity contribution in [3.63, 3.8) is 0 Å². The van der Waals surface area contributed by atoms with Gasteiger partial charge in [-0.2, -0.15) is 0 Å². The van der Waals surface area contributed by atoms with Crippen molar-refractivity contribution in [2.24, 2.45) is 0 Å². The minimum absolute atomic E-state index is 0.143. The summed E-state index contributed by atoms with van der Waals surface area (Å²) in [4.78, 5) is 56.5. The van der Waals surface area contributed by atoms with Crippen LogP contribution in [-0.2, 0) is 22.7 Å². The summed E-state index contributed by atoms with van der Waals surface area (Å²) in [6.07, 6.45) is 34.4. The molecule has 1 unspecified atom stereocenters. The van der Waals surface area contributed by atoms with Crippen LogP contribution in [0.15, 0.2) is 66.2 Å². The summed E-state index contributed by atoms with van der Waals surface area (Å²) < 4.78 is 38.3. The summed E-state index contributed by atoms with van der Waals surface area (Å²) in [5, 5.41) is 0. The topological polar surface area (TPSA) is 165 Å². The summed E-state index contributed by atoms with van der Waals surface area (Å²) in [6.45, 7) is 45.7. The predicted octanol–water partition coefficient (Wildman–Crippen LogP) is 16.4. The molecule has 13 nitrogen and oxygen atoms in total. The van der Waals surface area contributed by atoms with Gasteiger partial charge in [-0.1, -0.05) is 209 Å². The maximum atomic E-state index is 12.5. The molecular weight excluding hydrogens is 1070 g/mol. The third-order valence-electron chi connectivity index (χ3n) is 15.5. The standard InChI is InChI=1S/C19H20O10P2.3C16H36N/c1-14(10-11-28-31(25,26)29-30(22,23)24)13-27-19(21)17-9-5-8-16(12-17)18(20)15-6-3-2-4-7-15;3*1-5-9-13-17(14-10-6-2,15-11-7-3)16-12-8-4/h2-10,12H,11,13H2,1H3,(H,25,26)(H2,22,23,24);3*5-16H2,1-4H3/q;3*+1/p-3/b14-10+;;;. The molecule has 2 aromatic carbocycles. The average Bonchev–Trinajstić information content (AvgIpc) is 3.52. The fourth-order valence-electron chi connectivity index (χ4n) is 10.2. The lowest BCUT2D eigenvalue weighted by molar-refractivity contribution is -0.929. The first kappa shape index (κ1) is 81.5. The van der Waals surface area contributed by atoms with E-state index in [0.717, 1.165) is 0 Å². The van der Waals surface area contributed by atoms with E-state index in [-0.39, 0.29) is 18.0 Å². The smallest absolute Gasteiger partial charge is 0.338 e. The van der Waals surface area contributed by atoms with E-state index < -0.39 is 28.2 Å². The van der Waals surface area contributed by atoms with Crippen LogP contribution in [0.2, 0.25) is 0 Å². The first-order valence-corrected chi connectivity index (χ1v) is 35.9. The zero-order valence-corrected chi connectivity index (χ0v) is 56.8. The Morgan fingerprint density at radius 2 is 0.707 bits per heavy atom. The lowest BCUT2D eigenvalue weighted by Crippen LogP contribution is -2.50. The van der Waals surface area contributed by atoms with Crippen molar-refractivity contribution in [2.75, 3.05) is 91.8 Å². The van der Waals surface area contributed by atoms with Gasteiger partial charge in [0.05, 0.1) is 98.5 Å². The SMILES string of the molecule is C/C(=C\COP(=O)([O-])OP(=O)([O-])[O-])COC(=O)c1cccc(C(=O)c2ccccc2)c1.CCCC[N+](CCCC)(CCCC)CCCC.CCCC[N+](CCCC)(CCCC)CCCC.CCCC[N+](CCCC)(CCCC)CCCC. The van der Waals surface area contributed by atoms with Crippen LogP contribution >= 0.6 is 15.6 Å². The van der Waals surface area contributed by atoms with Gasteiger partial charge in [0.15, 0.2) is 5.78 Å². The molecule has 0 heterocycles. The molecule has 0 saturated heterocycles. The lowest BCUT2D eigenvalue weighted by Gasteiger charge is -2.39. The van der Waals surface area contributed by atoms with Crippen LogP contribution in [-0.4, -0.2) is 117 Å². The van der Waals surface area contributed by atoms with Crippen LogP contribution in [0.4, 0.5) is 0 Å². The molecule has 0 radical (unpaired) electrons. The summed E-state index contributed by atoms with van der Waals surface area (Å²) in [6, 6.07) is 14.5. The predicted molar refractivity (Wildman–Crippen MR) is 341 cm³/mol. The van der Waals surface area contributed by atoms with Crippen molar-refractivity contribution in [3.8, 4) is 0 Å². The third kappa shape index (κ3) is 40.7. The molecule has 0 aliphatic heterocycles. The number of esters is 1. The van der Waals surface area contributed by atoms with Crippen molar-refractivity contribution in [3.05, 3.63) is 82.9 Å². The number of quaternary nitrogens is 3. The number of hydrogen-bond donors (Lipinski definition) is 0. The van der Waals surface area contributed by atoms with Gasteiger partial charge in [0.2, 0.25) is 0 Å². The largest absolute Gasteiger partial charge is 0.790 e. The van der Waals surface area contributed by atoms with Crippen molar-refractivity contribution in [1.82, 2.24) is 0 Å². The molecular formula is C67H125N3O10P2. The maximum Gasteiger partial charge on any atom is 0.338 e. The number of carbonyl (C=O) groups is 2. The molecule has 0 fully saturated rings.